The number of aliphatic carboxylic acids is 1. The summed E-state index contributed by atoms with van der Waals surface area (Å²) in [5.74, 6) is -0.906. The van der Waals surface area contributed by atoms with Crippen molar-refractivity contribution in [2.24, 2.45) is 5.92 Å². The smallest absolute Gasteiger partial charge is 0.326 e. The molecule has 1 aliphatic heterocycles. The Morgan fingerprint density at radius 1 is 1.52 bits per heavy atom. The van der Waals surface area contributed by atoms with E-state index in [0.717, 1.165) is 4.88 Å². The summed E-state index contributed by atoms with van der Waals surface area (Å²) < 4.78 is 5.18. The molecule has 1 N–H and O–H groups in total. The maximum atomic E-state index is 12.4. The molecule has 0 radical (unpaired) electrons. The summed E-state index contributed by atoms with van der Waals surface area (Å²) in [4.78, 5) is 26.0. The predicted molar refractivity (Wildman–Crippen MR) is 76.1 cm³/mol. The molecule has 2 aromatic rings. The molecule has 0 spiro atoms. The molecular formula is C14H14N2O4S. The molecule has 3 rings (SSSR count). The van der Waals surface area contributed by atoms with E-state index in [1.807, 2.05) is 24.4 Å². The van der Waals surface area contributed by atoms with Gasteiger partial charge >= 0.3 is 5.97 Å². The Labute approximate surface area is 125 Å². The summed E-state index contributed by atoms with van der Waals surface area (Å²) in [5.41, 5.74) is 0.152. The molecule has 7 heteroatoms. The lowest BCUT2D eigenvalue weighted by molar-refractivity contribution is -0.142. The summed E-state index contributed by atoms with van der Waals surface area (Å²) >= 11 is 1.49. The molecule has 21 heavy (non-hydrogen) atoms. The molecule has 1 saturated heterocycles. The van der Waals surface area contributed by atoms with Crippen LogP contribution in [0, 0.1) is 5.92 Å². The molecular weight excluding hydrogens is 292 g/mol. The van der Waals surface area contributed by atoms with Crippen LogP contribution in [0.2, 0.25) is 0 Å². The lowest BCUT2D eigenvalue weighted by Gasteiger charge is -2.22. The molecule has 0 aliphatic carbocycles. The summed E-state index contributed by atoms with van der Waals surface area (Å²) in [6.07, 6.45) is 0.679. The Bertz CT molecular complexity index is 664. The number of carbonyl (C=O) groups is 2. The van der Waals surface area contributed by atoms with Crippen LogP contribution in [0.15, 0.2) is 28.1 Å². The van der Waals surface area contributed by atoms with Gasteiger partial charge in [-0.3, -0.25) is 4.79 Å². The first-order valence-corrected chi connectivity index (χ1v) is 7.50. The first-order chi connectivity index (χ1) is 10.1. The maximum Gasteiger partial charge on any atom is 0.326 e. The normalized spacial score (nSPS) is 21.7. The van der Waals surface area contributed by atoms with Crippen LogP contribution < -0.4 is 0 Å². The van der Waals surface area contributed by atoms with Gasteiger partial charge in [0.2, 0.25) is 0 Å². The van der Waals surface area contributed by atoms with Crippen LogP contribution in [0.1, 0.15) is 23.8 Å². The SMILES string of the molecule is CC1CCN(C(=O)c2cc(-c3cccs3)on2)C1C(=O)O. The molecule has 0 saturated carbocycles. The molecule has 1 fully saturated rings. The summed E-state index contributed by atoms with van der Waals surface area (Å²) in [7, 11) is 0. The lowest BCUT2D eigenvalue weighted by Crippen LogP contribution is -2.42. The van der Waals surface area contributed by atoms with Gasteiger partial charge in [-0.2, -0.15) is 0 Å². The van der Waals surface area contributed by atoms with Gasteiger partial charge in [-0.25, -0.2) is 4.79 Å². The Morgan fingerprint density at radius 3 is 3.00 bits per heavy atom. The minimum atomic E-state index is -0.977. The Morgan fingerprint density at radius 2 is 2.33 bits per heavy atom. The van der Waals surface area contributed by atoms with Gasteiger partial charge in [-0.15, -0.1) is 11.3 Å². The number of nitrogens with zero attached hydrogens (tertiary/aromatic N) is 2. The number of hydrogen-bond donors (Lipinski definition) is 1. The Hall–Kier alpha value is -2.15. The van der Waals surface area contributed by atoms with Crippen molar-refractivity contribution in [2.75, 3.05) is 6.54 Å². The second-order valence-corrected chi connectivity index (χ2v) is 6.05. The number of rotatable bonds is 3. The molecule has 1 amide bonds. The highest BCUT2D eigenvalue weighted by Crippen LogP contribution is 2.28. The zero-order valence-corrected chi connectivity index (χ0v) is 12.2. The molecule has 2 unspecified atom stereocenters. The molecule has 0 bridgehead atoms. The lowest BCUT2D eigenvalue weighted by atomic mass is 10.0. The van der Waals surface area contributed by atoms with Crippen LogP contribution in [0.4, 0.5) is 0 Å². The summed E-state index contributed by atoms with van der Waals surface area (Å²) in [5, 5.41) is 15.0. The van der Waals surface area contributed by atoms with E-state index in [-0.39, 0.29) is 11.6 Å². The van der Waals surface area contributed by atoms with Crippen molar-refractivity contribution >= 4 is 23.2 Å². The van der Waals surface area contributed by atoms with E-state index < -0.39 is 17.9 Å². The van der Waals surface area contributed by atoms with E-state index in [1.165, 1.54) is 16.2 Å². The average molecular weight is 306 g/mol. The Balaban J connectivity index is 1.84. The molecule has 3 heterocycles. The number of carboxylic acids is 1. The fraction of sp³-hybridized carbons (Fsp3) is 0.357. The van der Waals surface area contributed by atoms with Gasteiger partial charge in [-0.05, 0) is 23.8 Å². The largest absolute Gasteiger partial charge is 0.480 e. The molecule has 110 valence electrons. The number of thiophene rings is 1. The predicted octanol–water partition coefficient (Wildman–Crippen LogP) is 2.34. The monoisotopic (exact) mass is 306 g/mol. The van der Waals surface area contributed by atoms with Gasteiger partial charge in [-0.1, -0.05) is 18.1 Å². The minimum Gasteiger partial charge on any atom is -0.480 e. The number of amides is 1. The van der Waals surface area contributed by atoms with Crippen molar-refractivity contribution in [1.29, 1.82) is 0 Å². The van der Waals surface area contributed by atoms with Crippen LogP contribution in [-0.2, 0) is 4.79 Å². The van der Waals surface area contributed by atoms with E-state index in [0.29, 0.717) is 18.7 Å². The Kier molecular flexibility index (Phi) is 3.50. The van der Waals surface area contributed by atoms with Crippen LogP contribution in [0.3, 0.4) is 0 Å². The van der Waals surface area contributed by atoms with Crippen molar-refractivity contribution in [3.8, 4) is 10.6 Å². The maximum absolute atomic E-state index is 12.4. The zero-order chi connectivity index (χ0) is 15.0. The second-order valence-electron chi connectivity index (χ2n) is 5.10. The first-order valence-electron chi connectivity index (χ1n) is 6.62. The highest BCUT2D eigenvalue weighted by molar-refractivity contribution is 7.13. The fourth-order valence-electron chi connectivity index (χ4n) is 2.61. The quantitative estimate of drug-likeness (QED) is 0.941. The topological polar surface area (TPSA) is 83.6 Å². The third-order valence-electron chi connectivity index (χ3n) is 3.71. The van der Waals surface area contributed by atoms with E-state index in [1.54, 1.807) is 6.07 Å². The van der Waals surface area contributed by atoms with Gasteiger partial charge in [0, 0.05) is 12.6 Å². The number of carbonyl (C=O) groups excluding carboxylic acids is 1. The van der Waals surface area contributed by atoms with Gasteiger partial charge in [0.05, 0.1) is 4.88 Å². The molecule has 2 atom stereocenters. The van der Waals surface area contributed by atoms with Crippen LogP contribution in [0.5, 0.6) is 0 Å². The number of aromatic nitrogens is 1. The number of hydrogen-bond acceptors (Lipinski definition) is 5. The van der Waals surface area contributed by atoms with Gasteiger partial charge in [0.15, 0.2) is 11.5 Å². The highest BCUT2D eigenvalue weighted by Gasteiger charge is 2.40. The number of likely N-dealkylation sites (tertiary alicyclic amines) is 1. The first kappa shape index (κ1) is 13.8. The van der Waals surface area contributed by atoms with Crippen molar-refractivity contribution < 1.29 is 19.2 Å². The fourth-order valence-corrected chi connectivity index (χ4v) is 3.28. The van der Waals surface area contributed by atoms with Crippen molar-refractivity contribution in [1.82, 2.24) is 10.1 Å². The van der Waals surface area contributed by atoms with Crippen LogP contribution in [0.25, 0.3) is 10.6 Å². The summed E-state index contributed by atoms with van der Waals surface area (Å²) in [6, 6.07) is 4.53. The zero-order valence-electron chi connectivity index (χ0n) is 11.4. The molecule has 0 aromatic carbocycles. The van der Waals surface area contributed by atoms with Crippen LogP contribution in [-0.4, -0.2) is 39.6 Å². The van der Waals surface area contributed by atoms with Gasteiger partial charge in [0.25, 0.3) is 5.91 Å². The molecule has 6 nitrogen and oxygen atoms in total. The van der Waals surface area contributed by atoms with E-state index in [2.05, 4.69) is 5.16 Å². The standard InChI is InChI=1S/C14H14N2O4S/c1-8-4-5-16(12(8)14(18)19)13(17)9-7-10(20-15-9)11-3-2-6-21-11/h2-3,6-8,12H,4-5H2,1H3,(H,18,19). The third-order valence-corrected chi connectivity index (χ3v) is 4.59. The van der Waals surface area contributed by atoms with E-state index >= 15 is 0 Å². The van der Waals surface area contributed by atoms with Crippen molar-refractivity contribution in [2.45, 2.75) is 19.4 Å². The number of carboxylic acid groups (broad SMARTS) is 1. The third kappa shape index (κ3) is 2.44. The minimum absolute atomic E-state index is 0.0601. The molecule has 2 aromatic heterocycles. The molecule has 1 aliphatic rings. The van der Waals surface area contributed by atoms with Crippen molar-refractivity contribution in [3.63, 3.8) is 0 Å². The average Bonchev–Trinajstić information content (AvgIpc) is 3.17. The highest BCUT2D eigenvalue weighted by atomic mass is 32.1. The van der Waals surface area contributed by atoms with E-state index in [4.69, 9.17) is 4.52 Å². The summed E-state index contributed by atoms with van der Waals surface area (Å²) in [6.45, 7) is 2.27. The van der Waals surface area contributed by atoms with Crippen molar-refractivity contribution in [3.05, 3.63) is 29.3 Å². The van der Waals surface area contributed by atoms with Crippen LogP contribution >= 0.6 is 11.3 Å². The van der Waals surface area contributed by atoms with Gasteiger partial charge in [0.1, 0.15) is 6.04 Å². The second kappa shape index (κ2) is 5.33. The van der Waals surface area contributed by atoms with Gasteiger partial charge < -0.3 is 14.5 Å². The van der Waals surface area contributed by atoms with E-state index in [9.17, 15) is 14.7 Å².